The third-order valence-corrected chi connectivity index (χ3v) is 1.99. The highest BCUT2D eigenvalue weighted by molar-refractivity contribution is 6.02. The number of amides is 1. The van der Waals surface area contributed by atoms with Gasteiger partial charge in [-0.1, -0.05) is 5.21 Å². The summed E-state index contributed by atoms with van der Waals surface area (Å²) >= 11 is 0. The molecular formula is C7H8N4O3. The fraction of sp³-hybridized carbons (Fsp3) is 0.429. The highest BCUT2D eigenvalue weighted by atomic mass is 16.4. The molecule has 2 N–H and O–H groups in total. The van der Waals surface area contributed by atoms with E-state index in [4.69, 9.17) is 5.11 Å². The number of hydrogen-bond donors (Lipinski definition) is 2. The van der Waals surface area contributed by atoms with Crippen LogP contribution in [-0.2, 0) is 6.54 Å². The van der Waals surface area contributed by atoms with Crippen molar-refractivity contribution in [3.8, 4) is 0 Å². The van der Waals surface area contributed by atoms with E-state index in [0.29, 0.717) is 13.1 Å². The van der Waals surface area contributed by atoms with Crippen LogP contribution >= 0.6 is 0 Å². The van der Waals surface area contributed by atoms with E-state index >= 15 is 0 Å². The van der Waals surface area contributed by atoms with Gasteiger partial charge in [0, 0.05) is 13.1 Å². The van der Waals surface area contributed by atoms with Crippen LogP contribution in [0.25, 0.3) is 0 Å². The van der Waals surface area contributed by atoms with Crippen molar-refractivity contribution in [2.24, 2.45) is 0 Å². The highest BCUT2D eigenvalue weighted by Gasteiger charge is 2.26. The van der Waals surface area contributed by atoms with Gasteiger partial charge < -0.3 is 10.4 Å². The number of rotatable bonds is 1. The SMILES string of the molecule is O=C(O)c1nnn2c1C(=O)NCCC2. The Morgan fingerprint density at radius 3 is 3.07 bits per heavy atom. The average molecular weight is 196 g/mol. The van der Waals surface area contributed by atoms with Crippen molar-refractivity contribution in [3.63, 3.8) is 0 Å². The van der Waals surface area contributed by atoms with Gasteiger partial charge in [-0.25, -0.2) is 9.48 Å². The van der Waals surface area contributed by atoms with E-state index in [1.54, 1.807) is 0 Å². The van der Waals surface area contributed by atoms with Crippen LogP contribution in [-0.4, -0.2) is 38.5 Å². The first-order chi connectivity index (χ1) is 6.70. The first-order valence-corrected chi connectivity index (χ1v) is 4.15. The fourth-order valence-corrected chi connectivity index (χ4v) is 1.35. The molecule has 1 aromatic heterocycles. The molecule has 0 radical (unpaired) electrons. The van der Waals surface area contributed by atoms with Gasteiger partial charge in [0.2, 0.25) is 5.69 Å². The molecule has 0 bridgehead atoms. The number of aromatic nitrogens is 3. The molecule has 1 amide bonds. The van der Waals surface area contributed by atoms with Gasteiger partial charge in [0.1, 0.15) is 0 Å². The molecule has 74 valence electrons. The van der Waals surface area contributed by atoms with E-state index in [1.165, 1.54) is 4.68 Å². The van der Waals surface area contributed by atoms with Crippen molar-refractivity contribution in [2.45, 2.75) is 13.0 Å². The number of carboxylic acids is 1. The Morgan fingerprint density at radius 2 is 2.36 bits per heavy atom. The van der Waals surface area contributed by atoms with Gasteiger partial charge in [0.25, 0.3) is 5.91 Å². The Hall–Kier alpha value is -1.92. The summed E-state index contributed by atoms with van der Waals surface area (Å²) in [5.74, 6) is -1.66. The van der Waals surface area contributed by atoms with Crippen LogP contribution in [0.4, 0.5) is 0 Å². The number of carbonyl (C=O) groups excluding carboxylic acids is 1. The third-order valence-electron chi connectivity index (χ3n) is 1.99. The van der Waals surface area contributed by atoms with Gasteiger partial charge in [0.15, 0.2) is 5.69 Å². The number of nitrogens with one attached hydrogen (secondary N) is 1. The van der Waals surface area contributed by atoms with E-state index in [-0.39, 0.29) is 11.4 Å². The minimum Gasteiger partial charge on any atom is -0.476 e. The predicted octanol–water partition coefficient (Wildman–Crippen LogP) is -0.890. The minimum absolute atomic E-state index is 0.0370. The van der Waals surface area contributed by atoms with Gasteiger partial charge in [-0.2, -0.15) is 0 Å². The van der Waals surface area contributed by atoms with Crippen molar-refractivity contribution >= 4 is 11.9 Å². The zero-order chi connectivity index (χ0) is 10.1. The van der Waals surface area contributed by atoms with E-state index in [0.717, 1.165) is 6.42 Å². The highest BCUT2D eigenvalue weighted by Crippen LogP contribution is 2.08. The normalized spacial score (nSPS) is 15.6. The number of fused-ring (bicyclic) bond motifs is 1. The monoisotopic (exact) mass is 196 g/mol. The summed E-state index contributed by atoms with van der Waals surface area (Å²) in [5.41, 5.74) is -0.251. The predicted molar refractivity (Wildman–Crippen MR) is 43.9 cm³/mol. The molecule has 2 rings (SSSR count). The second kappa shape index (κ2) is 3.09. The molecule has 1 aliphatic rings. The maximum absolute atomic E-state index is 11.4. The lowest BCUT2D eigenvalue weighted by Crippen LogP contribution is -2.25. The van der Waals surface area contributed by atoms with E-state index in [2.05, 4.69) is 15.6 Å². The lowest BCUT2D eigenvalue weighted by Gasteiger charge is -1.98. The maximum atomic E-state index is 11.4. The molecule has 1 aliphatic heterocycles. The molecule has 0 aliphatic carbocycles. The van der Waals surface area contributed by atoms with Crippen LogP contribution in [0.1, 0.15) is 27.4 Å². The fourth-order valence-electron chi connectivity index (χ4n) is 1.35. The van der Waals surface area contributed by atoms with Crippen LogP contribution in [0.15, 0.2) is 0 Å². The summed E-state index contributed by atoms with van der Waals surface area (Å²) in [6.07, 6.45) is 0.723. The van der Waals surface area contributed by atoms with Gasteiger partial charge in [-0.15, -0.1) is 5.10 Å². The van der Waals surface area contributed by atoms with Crippen LogP contribution in [0.2, 0.25) is 0 Å². The Bertz CT molecular complexity index is 398. The molecule has 2 heterocycles. The topological polar surface area (TPSA) is 97.1 Å². The lowest BCUT2D eigenvalue weighted by atomic mass is 10.3. The van der Waals surface area contributed by atoms with Crippen molar-refractivity contribution < 1.29 is 14.7 Å². The molecule has 0 saturated heterocycles. The molecule has 0 fully saturated rings. The van der Waals surface area contributed by atoms with Crippen LogP contribution in [0.5, 0.6) is 0 Å². The largest absolute Gasteiger partial charge is 0.476 e. The summed E-state index contributed by atoms with van der Waals surface area (Å²) in [7, 11) is 0. The Morgan fingerprint density at radius 1 is 1.57 bits per heavy atom. The van der Waals surface area contributed by atoms with Crippen molar-refractivity contribution in [2.75, 3.05) is 6.54 Å². The van der Waals surface area contributed by atoms with Crippen LogP contribution in [0.3, 0.4) is 0 Å². The molecule has 0 unspecified atom stereocenters. The van der Waals surface area contributed by atoms with E-state index < -0.39 is 11.9 Å². The Kier molecular flexibility index (Phi) is 1.91. The van der Waals surface area contributed by atoms with Crippen LogP contribution in [0, 0.1) is 0 Å². The Balaban J connectivity index is 2.52. The molecule has 0 atom stereocenters. The number of aromatic carboxylic acids is 1. The standard InChI is InChI=1S/C7H8N4O3/c12-6-5-4(7(13)14)9-10-11(5)3-1-2-8-6/h1-3H2,(H,8,12)(H,13,14). The first-order valence-electron chi connectivity index (χ1n) is 4.15. The first kappa shape index (κ1) is 8.67. The second-order valence-electron chi connectivity index (χ2n) is 2.92. The maximum Gasteiger partial charge on any atom is 0.358 e. The van der Waals surface area contributed by atoms with Gasteiger partial charge in [0.05, 0.1) is 0 Å². The zero-order valence-electron chi connectivity index (χ0n) is 7.23. The number of carbonyl (C=O) groups is 2. The molecule has 0 saturated carbocycles. The number of carboxylic acid groups (broad SMARTS) is 1. The van der Waals surface area contributed by atoms with Crippen molar-refractivity contribution in [1.82, 2.24) is 20.3 Å². The van der Waals surface area contributed by atoms with Gasteiger partial charge >= 0.3 is 5.97 Å². The molecule has 0 aromatic carbocycles. The summed E-state index contributed by atoms with van der Waals surface area (Å²) in [6, 6.07) is 0. The minimum atomic E-state index is -1.23. The van der Waals surface area contributed by atoms with Gasteiger partial charge in [-0.05, 0) is 6.42 Å². The molecule has 7 heteroatoms. The molecular weight excluding hydrogens is 188 g/mol. The summed E-state index contributed by atoms with van der Waals surface area (Å²) in [5, 5.41) is 18.4. The van der Waals surface area contributed by atoms with Crippen molar-refractivity contribution in [3.05, 3.63) is 11.4 Å². The molecule has 0 spiro atoms. The lowest BCUT2D eigenvalue weighted by molar-refractivity contribution is 0.0684. The quantitative estimate of drug-likeness (QED) is 0.607. The summed E-state index contributed by atoms with van der Waals surface area (Å²) in [4.78, 5) is 22.1. The summed E-state index contributed by atoms with van der Waals surface area (Å²) in [6.45, 7) is 1.04. The molecule has 7 nitrogen and oxygen atoms in total. The average Bonchev–Trinajstić information content (AvgIpc) is 2.48. The van der Waals surface area contributed by atoms with Gasteiger partial charge in [-0.3, -0.25) is 4.79 Å². The number of nitrogens with zero attached hydrogens (tertiary/aromatic N) is 3. The summed E-state index contributed by atoms with van der Waals surface area (Å²) < 4.78 is 1.33. The third kappa shape index (κ3) is 1.22. The van der Waals surface area contributed by atoms with Crippen molar-refractivity contribution in [1.29, 1.82) is 0 Å². The molecule has 1 aromatic rings. The Labute approximate surface area is 78.7 Å². The van der Waals surface area contributed by atoms with E-state index in [1.807, 2.05) is 0 Å². The smallest absolute Gasteiger partial charge is 0.358 e. The second-order valence-corrected chi connectivity index (χ2v) is 2.92. The van der Waals surface area contributed by atoms with Crippen LogP contribution < -0.4 is 5.32 Å². The molecule has 14 heavy (non-hydrogen) atoms. The zero-order valence-corrected chi connectivity index (χ0v) is 7.23. The number of hydrogen-bond acceptors (Lipinski definition) is 4. The van der Waals surface area contributed by atoms with E-state index in [9.17, 15) is 9.59 Å². The number of aryl methyl sites for hydroxylation is 1.